The number of hydrogen-bond acceptors (Lipinski definition) is 2. The maximum Gasteiger partial charge on any atom is 0.338 e. The summed E-state index contributed by atoms with van der Waals surface area (Å²) in [5.74, 6) is -1.08. The van der Waals surface area contributed by atoms with Gasteiger partial charge >= 0.3 is 5.97 Å². The fourth-order valence-corrected chi connectivity index (χ4v) is 2.07. The van der Waals surface area contributed by atoms with Gasteiger partial charge in [-0.3, -0.25) is 4.79 Å². The van der Waals surface area contributed by atoms with E-state index in [1.54, 1.807) is 24.9 Å². The Kier molecular flexibility index (Phi) is 2.11. The van der Waals surface area contributed by atoms with Crippen molar-refractivity contribution in [1.82, 2.24) is 9.13 Å². The molecular formula is C11H12N2O3. The SMILES string of the molecule is Cc1cn(C)c(=O)c2c(C(=O)O)cn(C)c12. The lowest BCUT2D eigenvalue weighted by Crippen LogP contribution is -2.18. The molecular weight excluding hydrogens is 208 g/mol. The molecule has 0 atom stereocenters. The van der Waals surface area contributed by atoms with Gasteiger partial charge in [-0.2, -0.15) is 0 Å². The van der Waals surface area contributed by atoms with E-state index >= 15 is 0 Å². The van der Waals surface area contributed by atoms with Crippen molar-refractivity contribution in [3.63, 3.8) is 0 Å². The van der Waals surface area contributed by atoms with Crippen molar-refractivity contribution in [3.05, 3.63) is 33.9 Å². The third-order valence-corrected chi connectivity index (χ3v) is 2.71. The zero-order chi connectivity index (χ0) is 12.0. The average Bonchev–Trinajstić information content (AvgIpc) is 2.53. The quantitative estimate of drug-likeness (QED) is 0.776. The highest BCUT2D eigenvalue weighted by Crippen LogP contribution is 2.20. The molecule has 0 unspecified atom stereocenters. The van der Waals surface area contributed by atoms with Crippen molar-refractivity contribution >= 4 is 16.9 Å². The van der Waals surface area contributed by atoms with Gasteiger partial charge in [-0.25, -0.2) is 4.79 Å². The number of pyridine rings is 1. The zero-order valence-corrected chi connectivity index (χ0v) is 9.31. The second kappa shape index (κ2) is 3.23. The van der Waals surface area contributed by atoms with Crippen LogP contribution in [0, 0.1) is 6.92 Å². The summed E-state index contributed by atoms with van der Waals surface area (Å²) in [7, 11) is 3.36. The average molecular weight is 220 g/mol. The standard InChI is InChI=1S/C11H12N2O3/c1-6-4-13(3)10(14)8-7(11(15)16)5-12(2)9(6)8/h4-5H,1-3H3,(H,15,16). The number of fused-ring (bicyclic) bond motifs is 1. The molecule has 0 radical (unpaired) electrons. The van der Waals surface area contributed by atoms with Crippen LogP contribution in [0.4, 0.5) is 0 Å². The van der Waals surface area contributed by atoms with Crippen LogP contribution in [0.25, 0.3) is 10.9 Å². The summed E-state index contributed by atoms with van der Waals surface area (Å²) in [4.78, 5) is 22.9. The third kappa shape index (κ3) is 1.25. The largest absolute Gasteiger partial charge is 0.478 e. The molecule has 0 aliphatic carbocycles. The number of aryl methyl sites for hydroxylation is 3. The number of rotatable bonds is 1. The molecule has 0 fully saturated rings. The van der Waals surface area contributed by atoms with Crippen LogP contribution in [-0.4, -0.2) is 20.2 Å². The first-order valence-corrected chi connectivity index (χ1v) is 4.82. The van der Waals surface area contributed by atoms with E-state index in [-0.39, 0.29) is 16.5 Å². The lowest BCUT2D eigenvalue weighted by Gasteiger charge is -2.03. The Morgan fingerprint density at radius 2 is 1.88 bits per heavy atom. The Bertz CT molecular complexity index is 649. The molecule has 0 aliphatic heterocycles. The minimum absolute atomic E-state index is 0.0572. The molecule has 0 saturated heterocycles. The van der Waals surface area contributed by atoms with Crippen LogP contribution in [0.3, 0.4) is 0 Å². The summed E-state index contributed by atoms with van der Waals surface area (Å²) >= 11 is 0. The Labute approximate surface area is 91.5 Å². The van der Waals surface area contributed by atoms with Gasteiger partial charge in [0.25, 0.3) is 5.56 Å². The van der Waals surface area contributed by atoms with Crippen molar-refractivity contribution in [1.29, 1.82) is 0 Å². The van der Waals surface area contributed by atoms with Gasteiger partial charge in [0, 0.05) is 26.5 Å². The molecule has 0 bridgehead atoms. The number of carbonyl (C=O) groups is 1. The summed E-state index contributed by atoms with van der Waals surface area (Å²) in [6, 6.07) is 0. The molecule has 0 spiro atoms. The van der Waals surface area contributed by atoms with Crippen LogP contribution in [0.15, 0.2) is 17.2 Å². The van der Waals surface area contributed by atoms with Gasteiger partial charge in [-0.05, 0) is 12.5 Å². The number of nitrogens with zero attached hydrogens (tertiary/aromatic N) is 2. The molecule has 5 heteroatoms. The van der Waals surface area contributed by atoms with Gasteiger partial charge in [0.15, 0.2) is 0 Å². The van der Waals surface area contributed by atoms with Crippen molar-refractivity contribution in [2.75, 3.05) is 0 Å². The van der Waals surface area contributed by atoms with Gasteiger partial charge in [-0.15, -0.1) is 0 Å². The first-order chi connectivity index (χ1) is 7.43. The lowest BCUT2D eigenvalue weighted by molar-refractivity contribution is 0.0698. The zero-order valence-electron chi connectivity index (χ0n) is 9.31. The molecule has 2 aromatic rings. The van der Waals surface area contributed by atoms with Gasteiger partial charge in [0.2, 0.25) is 0 Å². The molecule has 0 amide bonds. The number of hydrogen-bond donors (Lipinski definition) is 1. The number of aromatic carboxylic acids is 1. The van der Waals surface area contributed by atoms with Gasteiger partial charge in [-0.1, -0.05) is 0 Å². The summed E-state index contributed by atoms with van der Waals surface area (Å²) in [6.07, 6.45) is 3.18. The van der Waals surface area contributed by atoms with Crippen molar-refractivity contribution in [3.8, 4) is 0 Å². The molecule has 2 heterocycles. The Morgan fingerprint density at radius 3 is 2.44 bits per heavy atom. The van der Waals surface area contributed by atoms with E-state index in [4.69, 9.17) is 5.11 Å². The van der Waals surface area contributed by atoms with Crippen LogP contribution in [0.2, 0.25) is 0 Å². The second-order valence-corrected chi connectivity index (χ2v) is 3.91. The molecule has 2 aromatic heterocycles. The first kappa shape index (κ1) is 10.5. The van der Waals surface area contributed by atoms with Gasteiger partial charge < -0.3 is 14.2 Å². The van der Waals surface area contributed by atoms with E-state index < -0.39 is 5.97 Å². The minimum Gasteiger partial charge on any atom is -0.478 e. The Hall–Kier alpha value is -2.04. The van der Waals surface area contributed by atoms with Crippen LogP contribution in [0.5, 0.6) is 0 Å². The van der Waals surface area contributed by atoms with Crippen LogP contribution in [0.1, 0.15) is 15.9 Å². The van der Waals surface area contributed by atoms with Gasteiger partial charge in [0.1, 0.15) is 0 Å². The molecule has 0 saturated carbocycles. The minimum atomic E-state index is -1.08. The Balaban J connectivity index is 3.09. The maximum atomic E-state index is 11.9. The number of carboxylic acid groups (broad SMARTS) is 1. The number of carboxylic acids is 1. The van der Waals surface area contributed by atoms with E-state index in [1.807, 2.05) is 6.92 Å². The summed E-state index contributed by atoms with van der Waals surface area (Å²) in [5.41, 5.74) is 1.34. The molecule has 1 N–H and O–H groups in total. The number of aromatic nitrogens is 2. The highest BCUT2D eigenvalue weighted by molar-refractivity contribution is 6.03. The fourth-order valence-electron chi connectivity index (χ4n) is 2.07. The lowest BCUT2D eigenvalue weighted by atomic mass is 10.1. The van der Waals surface area contributed by atoms with Crippen LogP contribution >= 0.6 is 0 Å². The van der Waals surface area contributed by atoms with E-state index in [1.165, 1.54) is 10.8 Å². The third-order valence-electron chi connectivity index (χ3n) is 2.71. The molecule has 2 rings (SSSR count). The first-order valence-electron chi connectivity index (χ1n) is 4.82. The molecule has 0 aromatic carbocycles. The highest BCUT2D eigenvalue weighted by Gasteiger charge is 2.18. The summed E-state index contributed by atoms with van der Waals surface area (Å²) in [5, 5.41) is 9.32. The van der Waals surface area contributed by atoms with Gasteiger partial charge in [0.05, 0.1) is 16.5 Å². The van der Waals surface area contributed by atoms with E-state index in [0.29, 0.717) is 5.52 Å². The van der Waals surface area contributed by atoms with Crippen LogP contribution < -0.4 is 5.56 Å². The summed E-state index contributed by atoms with van der Waals surface area (Å²) < 4.78 is 3.08. The normalized spacial score (nSPS) is 10.9. The maximum absolute atomic E-state index is 11.9. The van der Waals surface area contributed by atoms with Crippen molar-refractivity contribution < 1.29 is 9.90 Å². The molecule has 0 aliphatic rings. The van der Waals surface area contributed by atoms with Crippen molar-refractivity contribution in [2.45, 2.75) is 6.92 Å². The monoisotopic (exact) mass is 220 g/mol. The molecule has 5 nitrogen and oxygen atoms in total. The second-order valence-electron chi connectivity index (χ2n) is 3.91. The fraction of sp³-hybridized carbons (Fsp3) is 0.273. The van der Waals surface area contributed by atoms with Crippen molar-refractivity contribution in [2.24, 2.45) is 14.1 Å². The van der Waals surface area contributed by atoms with E-state index in [2.05, 4.69) is 0 Å². The topological polar surface area (TPSA) is 64.2 Å². The van der Waals surface area contributed by atoms with E-state index in [9.17, 15) is 9.59 Å². The summed E-state index contributed by atoms with van der Waals surface area (Å²) in [6.45, 7) is 1.85. The van der Waals surface area contributed by atoms with Crippen LogP contribution in [-0.2, 0) is 14.1 Å². The molecule has 84 valence electrons. The predicted molar refractivity (Wildman–Crippen MR) is 59.9 cm³/mol. The highest BCUT2D eigenvalue weighted by atomic mass is 16.4. The molecule has 16 heavy (non-hydrogen) atoms. The van der Waals surface area contributed by atoms with E-state index in [0.717, 1.165) is 5.56 Å². The smallest absolute Gasteiger partial charge is 0.338 e. The predicted octanol–water partition coefficient (Wildman–Crippen LogP) is 0.884. The Morgan fingerprint density at radius 1 is 1.25 bits per heavy atom.